The normalized spacial score (nSPS) is 11.9. The molecular weight excluding hydrogens is 208 g/mol. The average molecular weight is 218 g/mol. The molecule has 2 aromatic rings. The van der Waals surface area contributed by atoms with E-state index < -0.39 is 0 Å². The molecule has 0 N–H and O–H groups in total. The Labute approximate surface area is 91.4 Å². The highest BCUT2D eigenvalue weighted by atomic mass is 32.1. The van der Waals surface area contributed by atoms with Gasteiger partial charge in [-0.2, -0.15) is 0 Å². The Hall–Kier alpha value is -1.68. The van der Waals surface area contributed by atoms with Gasteiger partial charge in [-0.25, -0.2) is 4.98 Å². The topological polar surface area (TPSA) is 34.9 Å². The second-order valence-corrected chi connectivity index (χ2v) is 4.00. The van der Waals surface area contributed by atoms with E-state index in [9.17, 15) is 4.79 Å². The first-order chi connectivity index (χ1) is 7.27. The number of hydrogen-bond donors (Lipinski definition) is 0. The zero-order valence-corrected chi connectivity index (χ0v) is 9.12. The Bertz CT molecular complexity index is 548. The van der Waals surface area contributed by atoms with Crippen molar-refractivity contribution in [2.24, 2.45) is 0 Å². The van der Waals surface area contributed by atoms with Crippen LogP contribution < -0.4 is 0 Å². The number of allylic oxidation sites excluding steroid dienone is 3. The zero-order chi connectivity index (χ0) is 10.8. The smallest absolute Gasteiger partial charge is 0.220 e. The zero-order valence-electron chi connectivity index (χ0n) is 8.30. The molecule has 0 spiro atoms. The number of nitrogens with zero attached hydrogens (tertiary/aromatic N) is 2. The molecule has 76 valence electrons. The molecule has 0 aliphatic heterocycles. The first-order valence-electron chi connectivity index (χ1n) is 4.48. The molecule has 0 atom stereocenters. The number of imidazole rings is 1. The Morgan fingerprint density at radius 3 is 3.13 bits per heavy atom. The summed E-state index contributed by atoms with van der Waals surface area (Å²) in [7, 11) is 0. The Kier molecular flexibility index (Phi) is 2.51. The fourth-order valence-corrected chi connectivity index (χ4v) is 2.21. The molecule has 2 rings (SSSR count). The largest absolute Gasteiger partial charge is 0.278 e. The maximum atomic E-state index is 11.0. The summed E-state index contributed by atoms with van der Waals surface area (Å²) in [5, 5.41) is 1.92. The molecule has 0 unspecified atom stereocenters. The number of carbonyl (C=O) groups is 1. The molecule has 0 amide bonds. The van der Waals surface area contributed by atoms with Crippen molar-refractivity contribution in [3.63, 3.8) is 0 Å². The fraction of sp³-hybridized carbons (Fsp3) is 0.0909. The molecule has 0 aromatic carbocycles. The van der Waals surface area contributed by atoms with Crippen LogP contribution in [-0.4, -0.2) is 16.0 Å². The third-order valence-corrected chi connectivity index (χ3v) is 2.94. The Morgan fingerprint density at radius 1 is 1.67 bits per heavy atom. The van der Waals surface area contributed by atoms with Gasteiger partial charge in [-0.05, 0) is 23.9 Å². The summed E-state index contributed by atoms with van der Waals surface area (Å²) in [6, 6.07) is 1.89. The Balaban J connectivity index is 2.69. The van der Waals surface area contributed by atoms with Crippen molar-refractivity contribution in [1.82, 2.24) is 9.55 Å². The monoisotopic (exact) mass is 218 g/mol. The van der Waals surface area contributed by atoms with Gasteiger partial charge in [-0.15, -0.1) is 11.3 Å². The van der Waals surface area contributed by atoms with Crippen LogP contribution in [0.5, 0.6) is 0 Å². The lowest BCUT2D eigenvalue weighted by molar-refractivity contribution is 0.548. The van der Waals surface area contributed by atoms with E-state index in [-0.39, 0.29) is 0 Å². The van der Waals surface area contributed by atoms with E-state index in [1.807, 2.05) is 24.4 Å². The minimum atomic E-state index is 0.687. The molecule has 0 bridgehead atoms. The van der Waals surface area contributed by atoms with Crippen LogP contribution in [0.25, 0.3) is 15.9 Å². The van der Waals surface area contributed by atoms with Crippen molar-refractivity contribution in [2.75, 3.05) is 0 Å². The SMILES string of the molecule is C=C/C=C(\C)c1nc2sccc2n1C=O. The minimum absolute atomic E-state index is 0.687. The molecule has 0 aliphatic carbocycles. The number of fused-ring (bicyclic) bond motifs is 1. The predicted molar refractivity (Wildman–Crippen MR) is 63.6 cm³/mol. The summed E-state index contributed by atoms with van der Waals surface area (Å²) in [6.45, 7) is 5.53. The third kappa shape index (κ3) is 1.53. The van der Waals surface area contributed by atoms with E-state index in [0.717, 1.165) is 22.3 Å². The second kappa shape index (κ2) is 3.82. The summed E-state index contributed by atoms with van der Waals surface area (Å²) in [4.78, 5) is 16.3. The van der Waals surface area contributed by atoms with Crippen LogP contribution in [0.3, 0.4) is 0 Å². The van der Waals surface area contributed by atoms with Crippen molar-refractivity contribution in [2.45, 2.75) is 6.92 Å². The van der Waals surface area contributed by atoms with Crippen molar-refractivity contribution in [1.29, 1.82) is 0 Å². The van der Waals surface area contributed by atoms with E-state index in [4.69, 9.17) is 0 Å². The maximum Gasteiger partial charge on any atom is 0.220 e. The lowest BCUT2D eigenvalue weighted by Gasteiger charge is -1.99. The highest BCUT2D eigenvalue weighted by molar-refractivity contribution is 7.16. The van der Waals surface area contributed by atoms with Gasteiger partial charge < -0.3 is 0 Å². The summed E-state index contributed by atoms with van der Waals surface area (Å²) >= 11 is 1.53. The van der Waals surface area contributed by atoms with E-state index >= 15 is 0 Å². The van der Waals surface area contributed by atoms with Crippen LogP contribution in [0.2, 0.25) is 0 Å². The summed E-state index contributed by atoms with van der Waals surface area (Å²) in [6.07, 6.45) is 4.32. The molecule has 0 saturated heterocycles. The van der Waals surface area contributed by atoms with Gasteiger partial charge in [-0.1, -0.05) is 18.7 Å². The van der Waals surface area contributed by atoms with Crippen molar-refractivity contribution in [3.05, 3.63) is 36.0 Å². The number of thiophene rings is 1. The van der Waals surface area contributed by atoms with Crippen LogP contribution in [0.4, 0.5) is 0 Å². The van der Waals surface area contributed by atoms with Crippen molar-refractivity contribution >= 4 is 33.7 Å². The Morgan fingerprint density at radius 2 is 2.47 bits per heavy atom. The van der Waals surface area contributed by atoms with Crippen LogP contribution in [0.1, 0.15) is 12.7 Å². The van der Waals surface area contributed by atoms with Gasteiger partial charge in [0.05, 0.1) is 5.52 Å². The summed E-state index contributed by atoms with van der Waals surface area (Å²) in [5.74, 6) is 0.687. The molecule has 4 heteroatoms. The minimum Gasteiger partial charge on any atom is -0.278 e. The standard InChI is InChI=1S/C11H10N2OS/c1-3-4-8(2)10-12-11-9(5-6-15-11)13(10)7-14/h3-7H,1H2,2H3/b8-4+. The van der Waals surface area contributed by atoms with Gasteiger partial charge in [0, 0.05) is 0 Å². The fourth-order valence-electron chi connectivity index (χ4n) is 1.46. The summed E-state index contributed by atoms with van der Waals surface area (Å²) < 4.78 is 1.56. The molecule has 2 heterocycles. The van der Waals surface area contributed by atoms with Crippen molar-refractivity contribution in [3.8, 4) is 0 Å². The van der Waals surface area contributed by atoms with Crippen LogP contribution in [-0.2, 0) is 4.79 Å². The van der Waals surface area contributed by atoms with Crippen LogP contribution in [0.15, 0.2) is 30.2 Å². The molecule has 15 heavy (non-hydrogen) atoms. The number of hydrogen-bond acceptors (Lipinski definition) is 3. The number of carbonyl (C=O) groups excluding carboxylic acids is 1. The van der Waals surface area contributed by atoms with Gasteiger partial charge in [0.25, 0.3) is 0 Å². The lowest BCUT2D eigenvalue weighted by Crippen LogP contribution is -1.99. The maximum absolute atomic E-state index is 11.0. The van der Waals surface area contributed by atoms with E-state index in [2.05, 4.69) is 11.6 Å². The molecule has 0 radical (unpaired) electrons. The molecule has 0 aliphatic rings. The molecule has 0 saturated carbocycles. The first kappa shape index (κ1) is 9.86. The average Bonchev–Trinajstić information content (AvgIpc) is 2.76. The molecule has 0 fully saturated rings. The van der Waals surface area contributed by atoms with Crippen LogP contribution in [0, 0.1) is 0 Å². The van der Waals surface area contributed by atoms with E-state index in [1.165, 1.54) is 11.3 Å². The van der Waals surface area contributed by atoms with E-state index in [1.54, 1.807) is 10.6 Å². The van der Waals surface area contributed by atoms with Gasteiger partial charge >= 0.3 is 0 Å². The lowest BCUT2D eigenvalue weighted by atomic mass is 10.2. The quantitative estimate of drug-likeness (QED) is 0.586. The molecule has 2 aromatic heterocycles. The predicted octanol–water partition coefficient (Wildman–Crippen LogP) is 2.73. The summed E-state index contributed by atoms with van der Waals surface area (Å²) in [5.41, 5.74) is 1.79. The molecular formula is C11H10N2OS. The van der Waals surface area contributed by atoms with E-state index in [0.29, 0.717) is 5.82 Å². The number of rotatable bonds is 3. The highest BCUT2D eigenvalue weighted by Crippen LogP contribution is 2.24. The third-order valence-electron chi connectivity index (χ3n) is 2.15. The van der Waals surface area contributed by atoms with Crippen LogP contribution >= 0.6 is 11.3 Å². The number of aromatic nitrogens is 2. The molecule has 3 nitrogen and oxygen atoms in total. The van der Waals surface area contributed by atoms with Gasteiger partial charge in [0.2, 0.25) is 6.41 Å². The van der Waals surface area contributed by atoms with Gasteiger partial charge in [0.15, 0.2) is 0 Å². The van der Waals surface area contributed by atoms with Crippen molar-refractivity contribution < 1.29 is 4.79 Å². The van der Waals surface area contributed by atoms with Gasteiger partial charge in [0.1, 0.15) is 10.7 Å². The highest BCUT2D eigenvalue weighted by Gasteiger charge is 2.11. The van der Waals surface area contributed by atoms with Gasteiger partial charge in [-0.3, -0.25) is 9.36 Å². The first-order valence-corrected chi connectivity index (χ1v) is 5.36. The second-order valence-electron chi connectivity index (χ2n) is 3.11.